The maximum atomic E-state index is 12.0. The number of rotatable bonds is 6. The van der Waals surface area contributed by atoms with E-state index in [1.165, 1.54) is 11.3 Å². The number of nitrogens with zero attached hydrogens (tertiary/aromatic N) is 2. The molecule has 0 amide bonds. The van der Waals surface area contributed by atoms with Gasteiger partial charge in [0.05, 0.1) is 11.9 Å². The maximum absolute atomic E-state index is 12.0. The lowest BCUT2D eigenvalue weighted by Gasteiger charge is -2.31. The van der Waals surface area contributed by atoms with Crippen molar-refractivity contribution in [3.8, 4) is 0 Å². The molecule has 1 aromatic heterocycles. The molecule has 0 saturated carbocycles. The van der Waals surface area contributed by atoms with E-state index in [0.717, 1.165) is 17.8 Å². The van der Waals surface area contributed by atoms with Crippen LogP contribution in [0.25, 0.3) is 0 Å². The van der Waals surface area contributed by atoms with Gasteiger partial charge in [-0.2, -0.15) is 0 Å². The predicted molar refractivity (Wildman–Crippen MR) is 82.6 cm³/mol. The highest BCUT2D eigenvalue weighted by molar-refractivity contribution is 7.89. The summed E-state index contributed by atoms with van der Waals surface area (Å²) in [6.45, 7) is 3.81. The lowest BCUT2D eigenvalue weighted by atomic mass is 10.1. The normalized spacial score (nSPS) is 18.5. The van der Waals surface area contributed by atoms with Crippen molar-refractivity contribution in [2.24, 2.45) is 0 Å². The molecular weight excluding hydrogens is 318 g/mol. The molecule has 114 valence electrons. The fourth-order valence-corrected chi connectivity index (χ4v) is 4.78. The fourth-order valence-electron chi connectivity index (χ4n) is 2.33. The van der Waals surface area contributed by atoms with Crippen molar-refractivity contribution in [3.05, 3.63) is 15.5 Å². The molecule has 0 bridgehead atoms. The smallest absolute Gasteiger partial charge is 0.214 e. The third-order valence-electron chi connectivity index (χ3n) is 3.38. The Hall–Kier alpha value is -0.210. The van der Waals surface area contributed by atoms with Gasteiger partial charge in [0.25, 0.3) is 0 Å². The molecule has 2 heterocycles. The van der Waals surface area contributed by atoms with E-state index in [2.05, 4.69) is 10.3 Å². The molecule has 0 aromatic carbocycles. The average molecular weight is 338 g/mol. The molecule has 0 radical (unpaired) electrons. The summed E-state index contributed by atoms with van der Waals surface area (Å²) in [6, 6.07) is 0.353. The number of thiazole rings is 1. The Labute approximate surface area is 129 Å². The van der Waals surface area contributed by atoms with E-state index in [0.29, 0.717) is 36.4 Å². The van der Waals surface area contributed by atoms with Gasteiger partial charge in [0.1, 0.15) is 9.34 Å². The molecule has 8 heteroatoms. The Bertz CT molecular complexity index is 525. The van der Waals surface area contributed by atoms with E-state index in [-0.39, 0.29) is 5.75 Å². The Morgan fingerprint density at radius 1 is 1.50 bits per heavy atom. The summed E-state index contributed by atoms with van der Waals surface area (Å²) in [5, 5.41) is 4.39. The molecule has 1 fully saturated rings. The molecule has 1 N–H and O–H groups in total. The first-order valence-electron chi connectivity index (χ1n) is 6.82. The van der Waals surface area contributed by atoms with Crippen LogP contribution in [0.5, 0.6) is 0 Å². The van der Waals surface area contributed by atoms with Crippen LogP contribution in [0.1, 0.15) is 31.2 Å². The van der Waals surface area contributed by atoms with E-state index in [9.17, 15) is 8.42 Å². The number of hydrogen-bond donors (Lipinski definition) is 1. The number of halogens is 1. The van der Waals surface area contributed by atoms with Gasteiger partial charge in [-0.1, -0.05) is 18.5 Å². The summed E-state index contributed by atoms with van der Waals surface area (Å²) < 4.78 is 26.2. The number of nitrogens with one attached hydrogen (secondary N) is 1. The Kier molecular flexibility index (Phi) is 5.80. The van der Waals surface area contributed by atoms with E-state index >= 15 is 0 Å². The zero-order valence-corrected chi connectivity index (χ0v) is 13.9. The monoisotopic (exact) mass is 337 g/mol. The summed E-state index contributed by atoms with van der Waals surface area (Å²) in [7, 11) is -3.04. The first kappa shape index (κ1) is 16.2. The van der Waals surface area contributed by atoms with Crippen molar-refractivity contribution in [3.63, 3.8) is 0 Å². The predicted octanol–water partition coefficient (Wildman–Crippen LogP) is 2.09. The van der Waals surface area contributed by atoms with Crippen LogP contribution in [0, 0.1) is 0 Å². The minimum atomic E-state index is -3.04. The van der Waals surface area contributed by atoms with Crippen LogP contribution >= 0.6 is 22.9 Å². The van der Waals surface area contributed by atoms with Gasteiger partial charge in [0.2, 0.25) is 10.0 Å². The Balaban J connectivity index is 1.77. The topological polar surface area (TPSA) is 62.3 Å². The second-order valence-corrected chi connectivity index (χ2v) is 8.76. The lowest BCUT2D eigenvalue weighted by molar-refractivity contribution is 0.288. The molecule has 1 saturated heterocycles. The summed E-state index contributed by atoms with van der Waals surface area (Å²) in [5.41, 5.74) is 0. The number of aromatic nitrogens is 1. The van der Waals surface area contributed by atoms with Crippen LogP contribution in [0.2, 0.25) is 4.34 Å². The SMILES string of the molecule is CCCS(=O)(=O)N1CCC(NCc2ncc(Cl)s2)CC1. The highest BCUT2D eigenvalue weighted by atomic mass is 35.5. The summed E-state index contributed by atoms with van der Waals surface area (Å²) in [4.78, 5) is 4.20. The first-order chi connectivity index (χ1) is 9.51. The van der Waals surface area contributed by atoms with Crippen LogP contribution < -0.4 is 5.32 Å². The minimum absolute atomic E-state index is 0.253. The molecule has 2 rings (SSSR count). The second kappa shape index (κ2) is 7.17. The number of piperidine rings is 1. The zero-order chi connectivity index (χ0) is 14.6. The quantitative estimate of drug-likeness (QED) is 0.863. The Morgan fingerprint density at radius 3 is 2.75 bits per heavy atom. The van der Waals surface area contributed by atoms with E-state index in [1.807, 2.05) is 6.92 Å². The van der Waals surface area contributed by atoms with Crippen LogP contribution in [0.4, 0.5) is 0 Å². The van der Waals surface area contributed by atoms with E-state index in [4.69, 9.17) is 11.6 Å². The molecule has 1 aliphatic heterocycles. The largest absolute Gasteiger partial charge is 0.308 e. The average Bonchev–Trinajstić information content (AvgIpc) is 2.83. The molecule has 1 aromatic rings. The van der Waals surface area contributed by atoms with Gasteiger partial charge in [-0.05, 0) is 19.3 Å². The van der Waals surface area contributed by atoms with Crippen molar-refractivity contribution < 1.29 is 8.42 Å². The van der Waals surface area contributed by atoms with Crippen molar-refractivity contribution in [2.75, 3.05) is 18.8 Å². The van der Waals surface area contributed by atoms with Gasteiger partial charge >= 0.3 is 0 Å². The van der Waals surface area contributed by atoms with Gasteiger partial charge < -0.3 is 5.32 Å². The van der Waals surface area contributed by atoms with E-state index < -0.39 is 10.0 Å². The highest BCUT2D eigenvalue weighted by Crippen LogP contribution is 2.19. The highest BCUT2D eigenvalue weighted by Gasteiger charge is 2.27. The molecule has 0 atom stereocenters. The summed E-state index contributed by atoms with van der Waals surface area (Å²) in [5.74, 6) is 0.253. The van der Waals surface area contributed by atoms with E-state index in [1.54, 1.807) is 10.5 Å². The summed E-state index contributed by atoms with van der Waals surface area (Å²) in [6.07, 6.45) is 4.03. The molecular formula is C12H20ClN3O2S2. The third kappa shape index (κ3) is 4.39. The van der Waals surface area contributed by atoms with Crippen molar-refractivity contribution in [2.45, 2.75) is 38.8 Å². The molecule has 1 aliphatic rings. The third-order valence-corrected chi connectivity index (χ3v) is 6.57. The van der Waals surface area contributed by atoms with Gasteiger partial charge in [0.15, 0.2) is 0 Å². The minimum Gasteiger partial charge on any atom is -0.308 e. The number of hydrogen-bond acceptors (Lipinski definition) is 5. The van der Waals surface area contributed by atoms with Crippen LogP contribution in [0.3, 0.4) is 0 Å². The van der Waals surface area contributed by atoms with Crippen molar-refractivity contribution in [1.82, 2.24) is 14.6 Å². The second-order valence-electron chi connectivity index (χ2n) is 4.93. The number of sulfonamides is 1. The van der Waals surface area contributed by atoms with Crippen molar-refractivity contribution >= 4 is 33.0 Å². The molecule has 20 heavy (non-hydrogen) atoms. The summed E-state index contributed by atoms with van der Waals surface area (Å²) >= 11 is 7.31. The molecule has 0 aliphatic carbocycles. The van der Waals surface area contributed by atoms with Crippen LogP contribution in [-0.2, 0) is 16.6 Å². The fraction of sp³-hybridized carbons (Fsp3) is 0.750. The lowest BCUT2D eigenvalue weighted by Crippen LogP contribution is -2.45. The molecule has 0 spiro atoms. The maximum Gasteiger partial charge on any atom is 0.214 e. The van der Waals surface area contributed by atoms with Gasteiger partial charge in [-0.15, -0.1) is 11.3 Å². The van der Waals surface area contributed by atoms with Gasteiger partial charge in [0, 0.05) is 25.7 Å². The van der Waals surface area contributed by atoms with Crippen molar-refractivity contribution in [1.29, 1.82) is 0 Å². The molecule has 0 unspecified atom stereocenters. The van der Waals surface area contributed by atoms with Crippen LogP contribution in [0.15, 0.2) is 6.20 Å². The Morgan fingerprint density at radius 2 is 2.20 bits per heavy atom. The van der Waals surface area contributed by atoms with Crippen LogP contribution in [-0.4, -0.2) is 42.6 Å². The van der Waals surface area contributed by atoms with Gasteiger partial charge in [-0.3, -0.25) is 0 Å². The standard InChI is InChI=1S/C12H20ClN3O2S2/c1-2-7-20(17,18)16-5-3-10(4-6-16)14-9-12-15-8-11(13)19-12/h8,10,14H,2-7,9H2,1H3. The first-order valence-corrected chi connectivity index (χ1v) is 9.63. The van der Waals surface area contributed by atoms with Gasteiger partial charge in [-0.25, -0.2) is 17.7 Å². The zero-order valence-electron chi connectivity index (χ0n) is 11.5. The molecule has 5 nitrogen and oxygen atoms in total.